The van der Waals surface area contributed by atoms with Crippen molar-refractivity contribution in [3.05, 3.63) is 29.3 Å². The predicted molar refractivity (Wildman–Crippen MR) is 73.7 cm³/mol. The van der Waals surface area contributed by atoms with Gasteiger partial charge in [-0.05, 0) is 57.9 Å². The van der Waals surface area contributed by atoms with E-state index in [4.69, 9.17) is 4.74 Å². The van der Waals surface area contributed by atoms with Crippen molar-refractivity contribution < 1.29 is 9.53 Å². The molecule has 3 heteroatoms. The van der Waals surface area contributed by atoms with Gasteiger partial charge in [0, 0.05) is 12.2 Å². The maximum atomic E-state index is 11.5. The van der Waals surface area contributed by atoms with Crippen molar-refractivity contribution in [1.29, 1.82) is 0 Å². The molecular formula is C15H22NO2. The number of aryl methyl sites for hydroxylation is 1. The molecular weight excluding hydrogens is 226 g/mol. The van der Waals surface area contributed by atoms with Crippen molar-refractivity contribution in [3.8, 4) is 0 Å². The van der Waals surface area contributed by atoms with Crippen LogP contribution >= 0.6 is 0 Å². The number of hydrogen-bond acceptors (Lipinski definition) is 3. The first kappa shape index (κ1) is 14.6. The summed E-state index contributed by atoms with van der Waals surface area (Å²) in [5.74, 6) is -0.177. The number of hydrogen-bond donors (Lipinski definition) is 1. The Bertz CT molecular complexity index is 419. The van der Waals surface area contributed by atoms with E-state index in [2.05, 4.69) is 18.3 Å². The second-order valence-corrected chi connectivity index (χ2v) is 5.44. The molecule has 0 aliphatic carbocycles. The zero-order valence-electron chi connectivity index (χ0n) is 11.9. The molecule has 0 amide bonds. The molecule has 1 aromatic rings. The van der Waals surface area contributed by atoms with Gasteiger partial charge in [0.05, 0.1) is 6.42 Å². The minimum Gasteiger partial charge on any atom is -0.460 e. The largest absolute Gasteiger partial charge is 0.460 e. The smallest absolute Gasteiger partial charge is 0.308 e. The summed E-state index contributed by atoms with van der Waals surface area (Å²) in [6.07, 6.45) is 0.366. The summed E-state index contributed by atoms with van der Waals surface area (Å²) in [7, 11) is 0. The molecule has 0 saturated carbocycles. The molecule has 3 nitrogen and oxygen atoms in total. The molecule has 0 unspecified atom stereocenters. The first-order chi connectivity index (χ1) is 8.29. The topological polar surface area (TPSA) is 38.3 Å². The molecule has 1 rings (SSSR count). The highest BCUT2D eigenvalue weighted by molar-refractivity contribution is 5.70. The van der Waals surface area contributed by atoms with E-state index in [0.717, 1.165) is 5.69 Å². The SMILES string of the molecule is Cc1c[c]cc(NCCC(=O)OC(C)(C)C)c1C. The van der Waals surface area contributed by atoms with E-state index >= 15 is 0 Å². The van der Waals surface area contributed by atoms with Gasteiger partial charge in [0.25, 0.3) is 0 Å². The van der Waals surface area contributed by atoms with Gasteiger partial charge in [-0.2, -0.15) is 0 Å². The Morgan fingerprint density at radius 3 is 2.61 bits per heavy atom. The third-order valence-corrected chi connectivity index (χ3v) is 2.59. The summed E-state index contributed by atoms with van der Waals surface area (Å²) in [6.45, 7) is 10.3. The molecule has 18 heavy (non-hydrogen) atoms. The average Bonchev–Trinajstić information content (AvgIpc) is 2.21. The Hall–Kier alpha value is -1.51. The van der Waals surface area contributed by atoms with Crippen LogP contribution in [0.2, 0.25) is 0 Å². The lowest BCUT2D eigenvalue weighted by atomic mass is 10.1. The molecule has 0 spiro atoms. The van der Waals surface area contributed by atoms with Crippen LogP contribution in [0.1, 0.15) is 38.3 Å². The van der Waals surface area contributed by atoms with Crippen LogP contribution in [0.5, 0.6) is 0 Å². The van der Waals surface area contributed by atoms with Gasteiger partial charge in [0.15, 0.2) is 0 Å². The number of carbonyl (C=O) groups excluding carboxylic acids is 1. The second kappa shape index (κ2) is 5.89. The molecule has 0 aliphatic rings. The molecule has 0 fully saturated rings. The normalized spacial score (nSPS) is 11.2. The lowest BCUT2D eigenvalue weighted by Crippen LogP contribution is -2.25. The van der Waals surface area contributed by atoms with Crippen LogP contribution in [0.15, 0.2) is 12.1 Å². The minimum atomic E-state index is -0.413. The van der Waals surface area contributed by atoms with Gasteiger partial charge in [-0.1, -0.05) is 6.07 Å². The van der Waals surface area contributed by atoms with E-state index in [-0.39, 0.29) is 5.97 Å². The fraction of sp³-hybridized carbons (Fsp3) is 0.533. The highest BCUT2D eigenvalue weighted by atomic mass is 16.6. The molecule has 0 heterocycles. The van der Waals surface area contributed by atoms with Gasteiger partial charge in [-0.15, -0.1) is 0 Å². The lowest BCUT2D eigenvalue weighted by molar-refractivity contribution is -0.154. The number of ether oxygens (including phenoxy) is 1. The van der Waals surface area contributed by atoms with Crippen LogP contribution < -0.4 is 5.32 Å². The minimum absolute atomic E-state index is 0.177. The van der Waals surface area contributed by atoms with Crippen molar-refractivity contribution in [2.24, 2.45) is 0 Å². The molecule has 0 aliphatic heterocycles. The molecule has 99 valence electrons. The molecule has 0 atom stereocenters. The highest BCUT2D eigenvalue weighted by Crippen LogP contribution is 2.17. The number of anilines is 1. The third kappa shape index (κ3) is 4.78. The van der Waals surface area contributed by atoms with E-state index in [1.54, 1.807) is 0 Å². The summed E-state index contributed by atoms with van der Waals surface area (Å²) < 4.78 is 5.24. The average molecular weight is 248 g/mol. The van der Waals surface area contributed by atoms with Gasteiger partial charge >= 0.3 is 5.97 Å². The summed E-state index contributed by atoms with van der Waals surface area (Å²) in [4.78, 5) is 11.5. The third-order valence-electron chi connectivity index (χ3n) is 2.59. The Balaban J connectivity index is 2.43. The van der Waals surface area contributed by atoms with Crippen LogP contribution in [0.3, 0.4) is 0 Å². The molecule has 0 aromatic heterocycles. The van der Waals surface area contributed by atoms with Crippen LogP contribution in [-0.4, -0.2) is 18.1 Å². The highest BCUT2D eigenvalue weighted by Gasteiger charge is 2.15. The van der Waals surface area contributed by atoms with Gasteiger partial charge in [0.2, 0.25) is 0 Å². The van der Waals surface area contributed by atoms with Gasteiger partial charge in [-0.3, -0.25) is 4.79 Å². The zero-order chi connectivity index (χ0) is 13.8. The maximum absolute atomic E-state index is 11.5. The summed E-state index contributed by atoms with van der Waals surface area (Å²) in [5, 5.41) is 3.24. The van der Waals surface area contributed by atoms with E-state index in [0.29, 0.717) is 13.0 Å². The maximum Gasteiger partial charge on any atom is 0.308 e. The first-order valence-corrected chi connectivity index (χ1v) is 6.22. The lowest BCUT2D eigenvalue weighted by Gasteiger charge is -2.19. The molecule has 0 saturated heterocycles. The Labute approximate surface area is 110 Å². The van der Waals surface area contributed by atoms with Gasteiger partial charge < -0.3 is 10.1 Å². The number of esters is 1. The van der Waals surface area contributed by atoms with E-state index in [1.165, 1.54) is 11.1 Å². The van der Waals surface area contributed by atoms with Gasteiger partial charge in [-0.25, -0.2) is 0 Å². The monoisotopic (exact) mass is 248 g/mol. The van der Waals surface area contributed by atoms with E-state index in [9.17, 15) is 4.79 Å². The Morgan fingerprint density at radius 1 is 1.33 bits per heavy atom. The standard InChI is InChI=1S/C15H22NO2/c1-11-7-6-8-13(12(11)2)16-10-9-14(17)18-15(3,4)5/h7-8,16H,9-10H2,1-5H3. The van der Waals surface area contributed by atoms with Crippen LogP contribution in [-0.2, 0) is 9.53 Å². The quantitative estimate of drug-likeness (QED) is 0.831. The van der Waals surface area contributed by atoms with Crippen molar-refractivity contribution in [1.82, 2.24) is 0 Å². The number of benzene rings is 1. The van der Waals surface area contributed by atoms with Crippen molar-refractivity contribution in [3.63, 3.8) is 0 Å². The van der Waals surface area contributed by atoms with Crippen LogP contribution in [0.4, 0.5) is 5.69 Å². The van der Waals surface area contributed by atoms with Crippen LogP contribution in [0.25, 0.3) is 0 Å². The molecule has 1 radical (unpaired) electrons. The van der Waals surface area contributed by atoms with Crippen molar-refractivity contribution in [2.45, 2.75) is 46.6 Å². The summed E-state index contributed by atoms with van der Waals surface area (Å²) >= 11 is 0. The predicted octanol–water partition coefficient (Wildman–Crippen LogP) is 3.25. The zero-order valence-corrected chi connectivity index (χ0v) is 11.9. The summed E-state index contributed by atoms with van der Waals surface area (Å²) in [6, 6.07) is 6.92. The number of rotatable bonds is 4. The van der Waals surface area contributed by atoms with Crippen LogP contribution in [0, 0.1) is 19.9 Å². The molecule has 1 N–H and O–H groups in total. The van der Waals surface area contributed by atoms with E-state index in [1.807, 2.05) is 39.8 Å². The molecule has 0 bridgehead atoms. The Morgan fingerprint density at radius 2 is 2.00 bits per heavy atom. The number of carbonyl (C=O) groups is 1. The first-order valence-electron chi connectivity index (χ1n) is 6.22. The molecule has 1 aromatic carbocycles. The Kier molecular flexibility index (Phi) is 4.76. The fourth-order valence-corrected chi connectivity index (χ4v) is 1.55. The number of nitrogens with one attached hydrogen (secondary N) is 1. The summed E-state index contributed by atoms with van der Waals surface area (Å²) in [5.41, 5.74) is 3.00. The fourth-order valence-electron chi connectivity index (χ4n) is 1.55. The van der Waals surface area contributed by atoms with E-state index < -0.39 is 5.60 Å². The van der Waals surface area contributed by atoms with Gasteiger partial charge in [0.1, 0.15) is 5.60 Å². The van der Waals surface area contributed by atoms with Crippen molar-refractivity contribution in [2.75, 3.05) is 11.9 Å². The van der Waals surface area contributed by atoms with Crippen molar-refractivity contribution >= 4 is 11.7 Å². The second-order valence-electron chi connectivity index (χ2n) is 5.44.